The molecule has 3 N–H and O–H groups in total. The van der Waals surface area contributed by atoms with Gasteiger partial charge in [0.1, 0.15) is 11.9 Å². The van der Waals surface area contributed by atoms with Gasteiger partial charge in [-0.05, 0) is 12.1 Å². The third-order valence-electron chi connectivity index (χ3n) is 2.06. The maximum atomic E-state index is 13.4. The average Bonchev–Trinajstić information content (AvgIpc) is 2.78. The first-order valence-electron chi connectivity index (χ1n) is 4.69. The SMILES string of the molecule is NC[C@H](O)c1nc(-c2ccccc2F)no1. The molecule has 0 aliphatic heterocycles. The van der Waals surface area contributed by atoms with Crippen LogP contribution in [-0.2, 0) is 0 Å². The van der Waals surface area contributed by atoms with E-state index >= 15 is 0 Å². The smallest absolute Gasteiger partial charge is 0.257 e. The highest BCUT2D eigenvalue weighted by atomic mass is 19.1. The van der Waals surface area contributed by atoms with Gasteiger partial charge in [0.2, 0.25) is 5.82 Å². The summed E-state index contributed by atoms with van der Waals surface area (Å²) in [6.45, 7) is -0.0289. The quantitative estimate of drug-likeness (QED) is 0.806. The van der Waals surface area contributed by atoms with Gasteiger partial charge < -0.3 is 15.4 Å². The van der Waals surface area contributed by atoms with E-state index in [1.807, 2.05) is 0 Å². The van der Waals surface area contributed by atoms with E-state index in [-0.39, 0.29) is 23.8 Å². The van der Waals surface area contributed by atoms with Crippen LogP contribution < -0.4 is 5.73 Å². The number of aliphatic hydroxyl groups excluding tert-OH is 1. The molecular formula is C10H10FN3O2. The number of nitrogens with two attached hydrogens (primary N) is 1. The molecule has 5 nitrogen and oxygen atoms in total. The molecule has 0 fully saturated rings. The van der Waals surface area contributed by atoms with Gasteiger partial charge in [0, 0.05) is 6.54 Å². The van der Waals surface area contributed by atoms with Crippen molar-refractivity contribution in [1.82, 2.24) is 10.1 Å². The molecule has 0 amide bonds. The van der Waals surface area contributed by atoms with Gasteiger partial charge in [-0.1, -0.05) is 17.3 Å². The van der Waals surface area contributed by atoms with Crippen LogP contribution in [0.1, 0.15) is 12.0 Å². The molecule has 1 aromatic carbocycles. The lowest BCUT2D eigenvalue weighted by molar-refractivity contribution is 0.141. The summed E-state index contributed by atoms with van der Waals surface area (Å²) in [6, 6.07) is 6.05. The zero-order chi connectivity index (χ0) is 11.5. The van der Waals surface area contributed by atoms with Crippen LogP contribution in [0.25, 0.3) is 11.4 Å². The Morgan fingerprint density at radius 2 is 2.19 bits per heavy atom. The number of aromatic nitrogens is 2. The maximum Gasteiger partial charge on any atom is 0.257 e. The Bertz CT molecular complexity index is 486. The molecule has 0 radical (unpaired) electrons. The summed E-state index contributed by atoms with van der Waals surface area (Å²) in [5, 5.41) is 12.9. The van der Waals surface area contributed by atoms with Gasteiger partial charge in [-0.25, -0.2) is 4.39 Å². The van der Waals surface area contributed by atoms with Crippen molar-refractivity contribution in [3.63, 3.8) is 0 Å². The first-order chi connectivity index (χ1) is 7.72. The third kappa shape index (κ3) is 1.93. The van der Waals surface area contributed by atoms with Crippen molar-refractivity contribution in [2.24, 2.45) is 5.73 Å². The summed E-state index contributed by atoms with van der Waals surface area (Å²) < 4.78 is 18.1. The molecule has 0 bridgehead atoms. The number of benzene rings is 1. The second-order valence-corrected chi connectivity index (χ2v) is 3.19. The fourth-order valence-corrected chi connectivity index (χ4v) is 1.22. The Kier molecular flexibility index (Phi) is 2.93. The average molecular weight is 223 g/mol. The molecule has 16 heavy (non-hydrogen) atoms. The van der Waals surface area contributed by atoms with Crippen LogP contribution in [0.4, 0.5) is 4.39 Å². The Balaban J connectivity index is 2.35. The van der Waals surface area contributed by atoms with E-state index in [0.29, 0.717) is 0 Å². The van der Waals surface area contributed by atoms with Gasteiger partial charge in [0.15, 0.2) is 0 Å². The van der Waals surface area contributed by atoms with Crippen molar-refractivity contribution in [2.75, 3.05) is 6.54 Å². The van der Waals surface area contributed by atoms with Crippen molar-refractivity contribution in [1.29, 1.82) is 0 Å². The molecule has 1 aromatic heterocycles. The van der Waals surface area contributed by atoms with Gasteiger partial charge in [0.05, 0.1) is 5.56 Å². The number of rotatable bonds is 3. The summed E-state index contributed by atoms with van der Waals surface area (Å²) in [6.07, 6.45) is -1.02. The van der Waals surface area contributed by atoms with Crippen molar-refractivity contribution in [3.05, 3.63) is 36.0 Å². The molecule has 1 heterocycles. The predicted octanol–water partition coefficient (Wildman–Crippen LogP) is 0.868. The van der Waals surface area contributed by atoms with E-state index in [4.69, 9.17) is 10.3 Å². The Labute approximate surface area is 90.7 Å². The fourth-order valence-electron chi connectivity index (χ4n) is 1.22. The molecule has 2 rings (SSSR count). The topological polar surface area (TPSA) is 85.2 Å². The van der Waals surface area contributed by atoms with E-state index in [1.54, 1.807) is 12.1 Å². The summed E-state index contributed by atoms with van der Waals surface area (Å²) >= 11 is 0. The molecular weight excluding hydrogens is 213 g/mol. The normalized spacial score (nSPS) is 12.7. The summed E-state index contributed by atoms with van der Waals surface area (Å²) in [5.41, 5.74) is 5.45. The highest BCUT2D eigenvalue weighted by Gasteiger charge is 2.16. The van der Waals surface area contributed by atoms with E-state index in [9.17, 15) is 9.50 Å². The Hall–Kier alpha value is -1.79. The number of aliphatic hydroxyl groups is 1. The number of halogens is 1. The molecule has 0 unspecified atom stereocenters. The predicted molar refractivity (Wildman–Crippen MR) is 53.7 cm³/mol. The van der Waals surface area contributed by atoms with E-state index in [1.165, 1.54) is 12.1 Å². The zero-order valence-electron chi connectivity index (χ0n) is 8.30. The molecule has 0 spiro atoms. The van der Waals surface area contributed by atoms with Gasteiger partial charge in [-0.3, -0.25) is 0 Å². The molecule has 84 valence electrons. The van der Waals surface area contributed by atoms with Crippen LogP contribution in [0.15, 0.2) is 28.8 Å². The number of nitrogens with zero attached hydrogens (tertiary/aromatic N) is 2. The molecule has 0 aliphatic carbocycles. The van der Waals surface area contributed by atoms with Crippen LogP contribution in [-0.4, -0.2) is 21.8 Å². The minimum Gasteiger partial charge on any atom is -0.382 e. The highest BCUT2D eigenvalue weighted by molar-refractivity contribution is 5.54. The highest BCUT2D eigenvalue weighted by Crippen LogP contribution is 2.20. The molecule has 1 atom stereocenters. The minimum absolute atomic E-state index is 0.0132. The summed E-state index contributed by atoms with van der Waals surface area (Å²) in [7, 11) is 0. The molecule has 0 aliphatic rings. The first-order valence-corrected chi connectivity index (χ1v) is 4.69. The fraction of sp³-hybridized carbons (Fsp3) is 0.200. The van der Waals surface area contributed by atoms with Crippen molar-refractivity contribution in [2.45, 2.75) is 6.10 Å². The Morgan fingerprint density at radius 1 is 1.44 bits per heavy atom. The molecule has 0 saturated carbocycles. The maximum absolute atomic E-state index is 13.4. The van der Waals surface area contributed by atoms with E-state index < -0.39 is 11.9 Å². The zero-order valence-corrected chi connectivity index (χ0v) is 8.30. The monoisotopic (exact) mass is 223 g/mol. The van der Waals surface area contributed by atoms with E-state index in [2.05, 4.69) is 10.1 Å². The first kappa shape index (κ1) is 10.7. The van der Waals surface area contributed by atoms with Crippen molar-refractivity contribution < 1.29 is 14.0 Å². The van der Waals surface area contributed by atoms with Crippen LogP contribution in [0.3, 0.4) is 0 Å². The van der Waals surface area contributed by atoms with Gasteiger partial charge in [0.25, 0.3) is 5.89 Å². The second-order valence-electron chi connectivity index (χ2n) is 3.19. The summed E-state index contributed by atoms with van der Waals surface area (Å²) in [5.74, 6) is -0.363. The lowest BCUT2D eigenvalue weighted by Crippen LogP contribution is -2.11. The van der Waals surface area contributed by atoms with Gasteiger partial charge >= 0.3 is 0 Å². The third-order valence-corrected chi connectivity index (χ3v) is 2.06. The number of hydrogen-bond donors (Lipinski definition) is 2. The summed E-state index contributed by atoms with van der Waals surface area (Å²) in [4.78, 5) is 3.86. The van der Waals surface area contributed by atoms with Crippen LogP contribution in [0.5, 0.6) is 0 Å². The number of hydrogen-bond acceptors (Lipinski definition) is 5. The largest absolute Gasteiger partial charge is 0.382 e. The second kappa shape index (κ2) is 4.38. The lowest BCUT2D eigenvalue weighted by Gasteiger charge is -1.98. The Morgan fingerprint density at radius 3 is 2.88 bits per heavy atom. The van der Waals surface area contributed by atoms with Gasteiger partial charge in [-0.15, -0.1) is 0 Å². The van der Waals surface area contributed by atoms with Crippen LogP contribution >= 0.6 is 0 Å². The van der Waals surface area contributed by atoms with Crippen molar-refractivity contribution in [3.8, 4) is 11.4 Å². The van der Waals surface area contributed by atoms with Crippen molar-refractivity contribution >= 4 is 0 Å². The lowest BCUT2D eigenvalue weighted by atomic mass is 10.2. The van der Waals surface area contributed by atoms with Crippen LogP contribution in [0, 0.1) is 5.82 Å². The standard InChI is InChI=1S/C10H10FN3O2/c11-7-4-2-1-3-6(7)9-13-10(16-14-9)8(15)5-12/h1-4,8,15H,5,12H2/t8-/m0/s1. The van der Waals surface area contributed by atoms with Crippen LogP contribution in [0.2, 0.25) is 0 Å². The van der Waals surface area contributed by atoms with Gasteiger partial charge in [-0.2, -0.15) is 4.98 Å². The minimum atomic E-state index is -1.02. The van der Waals surface area contributed by atoms with E-state index in [0.717, 1.165) is 0 Å². The molecule has 6 heteroatoms. The molecule has 0 saturated heterocycles. The molecule has 2 aromatic rings.